The van der Waals surface area contributed by atoms with E-state index in [9.17, 15) is 28.7 Å². The van der Waals surface area contributed by atoms with Gasteiger partial charge in [0.1, 0.15) is 24.0 Å². The summed E-state index contributed by atoms with van der Waals surface area (Å²) >= 11 is 6.42. The number of fused-ring (bicyclic) bond motifs is 1. The van der Waals surface area contributed by atoms with Crippen LogP contribution in [0, 0.1) is 11.8 Å². The molecule has 0 radical (unpaired) electrons. The maximum absolute atomic E-state index is 14.1. The molecular weight excluding hydrogens is 627 g/mol. The molecule has 2 fully saturated rings. The van der Waals surface area contributed by atoms with Gasteiger partial charge in [-0.2, -0.15) is 0 Å². The van der Waals surface area contributed by atoms with Crippen molar-refractivity contribution in [1.29, 1.82) is 0 Å². The number of carbonyl (C=O) groups is 4. The highest BCUT2D eigenvalue weighted by molar-refractivity contribution is 6.38. The van der Waals surface area contributed by atoms with Crippen molar-refractivity contribution in [2.75, 3.05) is 18.5 Å². The number of aromatic carboxylic acids is 1. The smallest absolute Gasteiger partial charge is 0.407 e. The second-order valence-electron chi connectivity index (χ2n) is 13.5. The third kappa shape index (κ3) is 7.40. The summed E-state index contributed by atoms with van der Waals surface area (Å²) < 4.78 is 20.8. The molecule has 47 heavy (non-hydrogen) atoms. The van der Waals surface area contributed by atoms with Crippen molar-refractivity contribution in [3.8, 4) is 0 Å². The molecule has 0 bridgehead atoms. The Balaban J connectivity index is 1.32. The number of aromatic nitrogens is 1. The van der Waals surface area contributed by atoms with Gasteiger partial charge in [-0.15, -0.1) is 0 Å². The van der Waals surface area contributed by atoms with Crippen LogP contribution in [0.4, 0.5) is 14.9 Å². The molecule has 2 heterocycles. The molecule has 1 saturated heterocycles. The summed E-state index contributed by atoms with van der Waals surface area (Å²) in [6.45, 7) is 4.92. The van der Waals surface area contributed by atoms with Gasteiger partial charge in [0.05, 0.1) is 16.6 Å². The third-order valence-corrected chi connectivity index (χ3v) is 9.73. The molecule has 1 aromatic heterocycles. The van der Waals surface area contributed by atoms with E-state index in [1.54, 1.807) is 50.9 Å². The number of carbonyl (C=O) groups excluding carboxylic acids is 3. The first kappa shape index (κ1) is 34.2. The largest absolute Gasteiger partial charge is 0.477 e. The summed E-state index contributed by atoms with van der Waals surface area (Å²) in [5.74, 6) is -2.29. The first-order chi connectivity index (χ1) is 22.3. The van der Waals surface area contributed by atoms with E-state index in [4.69, 9.17) is 16.3 Å². The number of alkyl halides is 1. The molecule has 10 nitrogen and oxygen atoms in total. The highest BCUT2D eigenvalue weighted by atomic mass is 35.5. The number of benzene rings is 2. The summed E-state index contributed by atoms with van der Waals surface area (Å²) in [4.78, 5) is 53.8. The zero-order chi connectivity index (χ0) is 34.0. The van der Waals surface area contributed by atoms with Crippen molar-refractivity contribution in [2.24, 2.45) is 18.9 Å². The number of ether oxygens (including phenoxy) is 1. The molecule has 2 aliphatic rings. The van der Waals surface area contributed by atoms with Crippen molar-refractivity contribution in [3.63, 3.8) is 0 Å². The predicted octanol–water partition coefficient (Wildman–Crippen LogP) is 6.52. The second-order valence-corrected chi connectivity index (χ2v) is 13.9. The minimum absolute atomic E-state index is 0.0463. The van der Waals surface area contributed by atoms with E-state index in [-0.39, 0.29) is 40.3 Å². The number of hydrogen-bond donors (Lipinski definition) is 3. The highest BCUT2D eigenvalue weighted by Gasteiger charge is 2.45. The highest BCUT2D eigenvalue weighted by Crippen LogP contribution is 2.39. The zero-order valence-corrected chi connectivity index (χ0v) is 27.9. The van der Waals surface area contributed by atoms with Crippen LogP contribution in [0.2, 0.25) is 5.02 Å². The molecule has 252 valence electrons. The average molecular weight is 669 g/mol. The SMILES string of the molecule is Cn1c(C(=O)O)c(Cl)c2cc(NC(=O)[C@@H]3[C@@H](c4ccccc4)CCN3C(=O)C3CCC(C(CF)NC(=O)OC(C)(C)C)CC3)ccc21. The van der Waals surface area contributed by atoms with Crippen LogP contribution in [0.25, 0.3) is 10.9 Å². The van der Waals surface area contributed by atoms with E-state index in [1.807, 2.05) is 30.3 Å². The van der Waals surface area contributed by atoms with E-state index in [1.165, 1.54) is 4.57 Å². The van der Waals surface area contributed by atoms with Crippen LogP contribution in [0.1, 0.15) is 74.8 Å². The number of alkyl carbamates (subject to hydrolysis) is 1. The van der Waals surface area contributed by atoms with Crippen LogP contribution in [-0.4, -0.2) is 69.4 Å². The number of carboxylic acid groups (broad SMARTS) is 1. The summed E-state index contributed by atoms with van der Waals surface area (Å²) in [6, 6.07) is 13.2. The monoisotopic (exact) mass is 668 g/mol. The third-order valence-electron chi connectivity index (χ3n) is 9.34. The fraction of sp³-hybridized carbons (Fsp3) is 0.486. The first-order valence-corrected chi connectivity index (χ1v) is 16.4. The molecule has 3 amide bonds. The lowest BCUT2D eigenvalue weighted by Crippen LogP contribution is -2.49. The summed E-state index contributed by atoms with van der Waals surface area (Å²) in [5, 5.41) is 15.8. The van der Waals surface area contributed by atoms with Gasteiger partial charge in [0.15, 0.2) is 0 Å². The second kappa shape index (κ2) is 13.9. The molecule has 1 saturated carbocycles. The van der Waals surface area contributed by atoms with E-state index >= 15 is 0 Å². The van der Waals surface area contributed by atoms with Crippen LogP contribution >= 0.6 is 11.6 Å². The summed E-state index contributed by atoms with van der Waals surface area (Å²) in [5.41, 5.74) is 1.26. The van der Waals surface area contributed by atoms with Gasteiger partial charge >= 0.3 is 12.1 Å². The maximum atomic E-state index is 14.1. The molecule has 12 heteroatoms. The Morgan fingerprint density at radius 3 is 2.34 bits per heavy atom. The summed E-state index contributed by atoms with van der Waals surface area (Å²) in [6.07, 6.45) is 2.11. The van der Waals surface area contributed by atoms with Gasteiger partial charge in [-0.05, 0) is 82.6 Å². The number of rotatable bonds is 8. The van der Waals surface area contributed by atoms with Gasteiger partial charge in [-0.25, -0.2) is 14.0 Å². The van der Waals surface area contributed by atoms with Crippen molar-refractivity contribution in [2.45, 2.75) is 76.5 Å². The molecule has 3 aromatic rings. The van der Waals surface area contributed by atoms with Gasteiger partial charge < -0.3 is 29.9 Å². The van der Waals surface area contributed by atoms with Gasteiger partial charge in [0.25, 0.3) is 0 Å². The van der Waals surface area contributed by atoms with Crippen LogP contribution < -0.4 is 10.6 Å². The number of aryl methyl sites for hydroxylation is 1. The van der Waals surface area contributed by atoms with Crippen molar-refractivity contribution >= 4 is 52.1 Å². The van der Waals surface area contributed by atoms with Gasteiger partial charge in [0, 0.05) is 36.5 Å². The molecule has 3 atom stereocenters. The topological polar surface area (TPSA) is 130 Å². The number of likely N-dealkylation sites (tertiary alicyclic amines) is 1. The number of hydrogen-bond acceptors (Lipinski definition) is 5. The molecule has 3 N–H and O–H groups in total. The number of amides is 3. The van der Waals surface area contributed by atoms with Crippen LogP contribution in [0.3, 0.4) is 0 Å². The lowest BCUT2D eigenvalue weighted by molar-refractivity contribution is -0.141. The number of carboxylic acids is 1. The number of nitrogens with one attached hydrogen (secondary N) is 2. The molecule has 2 aromatic carbocycles. The number of anilines is 1. The first-order valence-electron chi connectivity index (χ1n) is 16.0. The lowest BCUT2D eigenvalue weighted by Gasteiger charge is -2.36. The van der Waals surface area contributed by atoms with E-state index in [2.05, 4.69) is 10.6 Å². The van der Waals surface area contributed by atoms with Crippen LogP contribution in [0.5, 0.6) is 0 Å². The number of halogens is 2. The molecule has 1 aliphatic carbocycles. The predicted molar refractivity (Wildman–Crippen MR) is 177 cm³/mol. The van der Waals surface area contributed by atoms with E-state index in [0.717, 1.165) is 5.56 Å². The normalized spacial score (nSPS) is 22.1. The lowest BCUT2D eigenvalue weighted by atomic mass is 9.78. The Bertz CT molecular complexity index is 1650. The number of nitrogens with zero attached hydrogens (tertiary/aromatic N) is 2. The molecule has 1 aliphatic heterocycles. The maximum Gasteiger partial charge on any atom is 0.407 e. The standard InChI is InChI=1S/C35H42ClFN4O6/c1-35(2,3)47-34(46)39-26(19-37)21-10-12-22(13-11-21)32(43)41-17-16-24(20-8-6-5-7-9-20)29(41)31(42)38-23-14-15-27-25(18-23)28(36)30(33(44)45)40(27)4/h5-9,14-15,18,21-22,24,26,29H,10-13,16-17,19H2,1-4H3,(H,38,42)(H,39,46)(H,44,45)/t21?,22?,24-,26?,29+/m1/s1. The van der Waals surface area contributed by atoms with Crippen molar-refractivity contribution in [1.82, 2.24) is 14.8 Å². The van der Waals surface area contributed by atoms with E-state index in [0.29, 0.717) is 55.2 Å². The van der Waals surface area contributed by atoms with Gasteiger partial charge in [-0.1, -0.05) is 41.9 Å². The quantitative estimate of drug-likeness (QED) is 0.251. The minimum atomic E-state index is -1.15. The molecule has 0 spiro atoms. The fourth-order valence-corrected chi connectivity index (χ4v) is 7.45. The Labute approximate surface area is 278 Å². The zero-order valence-electron chi connectivity index (χ0n) is 27.1. The van der Waals surface area contributed by atoms with Gasteiger partial charge in [0.2, 0.25) is 11.8 Å². The van der Waals surface area contributed by atoms with Crippen LogP contribution in [-0.2, 0) is 21.4 Å². The van der Waals surface area contributed by atoms with E-state index < -0.39 is 36.4 Å². The Hall–Kier alpha value is -4.12. The average Bonchev–Trinajstić information content (AvgIpc) is 3.58. The van der Waals surface area contributed by atoms with Crippen LogP contribution in [0.15, 0.2) is 48.5 Å². The Morgan fingerprint density at radius 1 is 1.04 bits per heavy atom. The molecule has 5 rings (SSSR count). The van der Waals surface area contributed by atoms with Crippen molar-refractivity contribution in [3.05, 3.63) is 64.8 Å². The van der Waals surface area contributed by atoms with Gasteiger partial charge in [-0.3, -0.25) is 9.59 Å². The molecular formula is C35H42ClFN4O6. The Kier molecular flexibility index (Phi) is 10.1. The Morgan fingerprint density at radius 2 is 1.72 bits per heavy atom. The minimum Gasteiger partial charge on any atom is -0.477 e. The molecule has 1 unspecified atom stereocenters. The summed E-state index contributed by atoms with van der Waals surface area (Å²) in [7, 11) is 1.62. The fourth-order valence-electron chi connectivity index (χ4n) is 7.09. The van der Waals surface area contributed by atoms with Crippen molar-refractivity contribution < 1.29 is 33.4 Å².